The Labute approximate surface area is 72.9 Å². The first-order valence-corrected chi connectivity index (χ1v) is 4.21. The summed E-state index contributed by atoms with van der Waals surface area (Å²) in [5.41, 5.74) is 2.18. The van der Waals surface area contributed by atoms with E-state index in [1.807, 2.05) is 12.2 Å². The molecule has 11 heavy (non-hydrogen) atoms. The van der Waals surface area contributed by atoms with Crippen molar-refractivity contribution in [2.45, 2.75) is 6.42 Å². The predicted octanol–water partition coefficient (Wildman–Crippen LogP) is 3.16. The van der Waals surface area contributed by atoms with E-state index >= 15 is 0 Å². The van der Waals surface area contributed by atoms with Crippen LogP contribution in [0.25, 0.3) is 6.08 Å². The lowest BCUT2D eigenvalue weighted by molar-refractivity contribution is 0.626. The number of halogens is 2. The molecule has 1 aromatic rings. The fraction of sp³-hybridized carbons (Fsp3) is 0.111. The Morgan fingerprint density at radius 1 is 1.36 bits per heavy atom. The number of rotatable bonds is 0. The van der Waals surface area contributed by atoms with Crippen LogP contribution in [-0.2, 0) is 6.42 Å². The minimum absolute atomic E-state index is 0.179. The molecule has 0 amide bonds. The van der Waals surface area contributed by atoms with E-state index in [2.05, 4.69) is 15.9 Å². The Hall–Kier alpha value is -0.630. The first kappa shape index (κ1) is 7.04. The zero-order valence-corrected chi connectivity index (χ0v) is 7.36. The van der Waals surface area contributed by atoms with Crippen LogP contribution in [0.1, 0.15) is 11.1 Å². The highest BCUT2D eigenvalue weighted by atomic mass is 79.9. The minimum Gasteiger partial charge on any atom is -0.207 e. The average molecular weight is 213 g/mol. The average Bonchev–Trinajstić information content (AvgIpc) is 2.34. The Morgan fingerprint density at radius 2 is 2.18 bits per heavy atom. The molecule has 0 unspecified atom stereocenters. The Balaban J connectivity index is 2.66. The molecule has 0 fully saturated rings. The highest BCUT2D eigenvalue weighted by Gasteiger charge is 2.09. The lowest BCUT2D eigenvalue weighted by Gasteiger charge is -2.01. The van der Waals surface area contributed by atoms with E-state index in [0.717, 1.165) is 16.5 Å². The van der Waals surface area contributed by atoms with Gasteiger partial charge in [-0.25, -0.2) is 4.39 Å². The van der Waals surface area contributed by atoms with Crippen LogP contribution in [0, 0.1) is 5.82 Å². The van der Waals surface area contributed by atoms with Crippen LogP contribution in [0.15, 0.2) is 22.7 Å². The summed E-state index contributed by atoms with van der Waals surface area (Å²) in [6.45, 7) is 0. The van der Waals surface area contributed by atoms with Crippen molar-refractivity contribution in [2.24, 2.45) is 0 Å². The third-order valence-electron chi connectivity index (χ3n) is 1.81. The summed E-state index contributed by atoms with van der Waals surface area (Å²) in [6.07, 6.45) is 4.90. The second-order valence-corrected chi connectivity index (χ2v) is 3.42. The van der Waals surface area contributed by atoms with E-state index in [9.17, 15) is 4.39 Å². The molecule has 0 N–H and O–H groups in total. The van der Waals surface area contributed by atoms with Crippen molar-refractivity contribution in [3.63, 3.8) is 0 Å². The van der Waals surface area contributed by atoms with Crippen molar-refractivity contribution in [2.75, 3.05) is 0 Å². The summed E-state index contributed by atoms with van der Waals surface area (Å²) < 4.78 is 13.6. The molecular weight excluding hydrogens is 207 g/mol. The Kier molecular flexibility index (Phi) is 1.57. The lowest BCUT2D eigenvalue weighted by atomic mass is 10.1. The van der Waals surface area contributed by atoms with Crippen LogP contribution in [-0.4, -0.2) is 0 Å². The normalized spacial score (nSPS) is 13.6. The van der Waals surface area contributed by atoms with E-state index in [-0.39, 0.29) is 5.82 Å². The van der Waals surface area contributed by atoms with Crippen LogP contribution in [0.3, 0.4) is 0 Å². The molecule has 2 rings (SSSR count). The third-order valence-corrected chi connectivity index (χ3v) is 2.52. The summed E-state index contributed by atoms with van der Waals surface area (Å²) >= 11 is 3.32. The highest BCUT2D eigenvalue weighted by Crippen LogP contribution is 2.28. The number of fused-ring (bicyclic) bond motifs is 1. The van der Waals surface area contributed by atoms with Crippen molar-refractivity contribution in [1.29, 1.82) is 0 Å². The number of hydrogen-bond acceptors (Lipinski definition) is 0. The molecule has 1 aliphatic carbocycles. The molecule has 2 heteroatoms. The van der Waals surface area contributed by atoms with Crippen LogP contribution >= 0.6 is 15.9 Å². The summed E-state index contributed by atoms with van der Waals surface area (Å²) in [4.78, 5) is 0. The van der Waals surface area contributed by atoms with E-state index in [1.54, 1.807) is 6.07 Å². The molecule has 0 saturated heterocycles. The zero-order chi connectivity index (χ0) is 7.84. The van der Waals surface area contributed by atoms with Gasteiger partial charge in [-0.3, -0.25) is 0 Å². The molecule has 0 spiro atoms. The predicted molar refractivity (Wildman–Crippen MR) is 46.8 cm³/mol. The lowest BCUT2D eigenvalue weighted by Crippen LogP contribution is -1.85. The molecule has 56 valence electrons. The van der Waals surface area contributed by atoms with Gasteiger partial charge >= 0.3 is 0 Å². The van der Waals surface area contributed by atoms with Gasteiger partial charge in [0.1, 0.15) is 5.82 Å². The fourth-order valence-corrected chi connectivity index (χ4v) is 1.90. The molecule has 0 aromatic heterocycles. The highest BCUT2D eigenvalue weighted by molar-refractivity contribution is 9.10. The molecule has 0 saturated carbocycles. The molecular formula is C9H6BrF. The topological polar surface area (TPSA) is 0 Å². The van der Waals surface area contributed by atoms with Gasteiger partial charge < -0.3 is 0 Å². The van der Waals surface area contributed by atoms with Gasteiger partial charge in [-0.1, -0.05) is 28.1 Å². The largest absolute Gasteiger partial charge is 0.207 e. The van der Waals surface area contributed by atoms with Gasteiger partial charge in [-0.05, 0) is 29.7 Å². The van der Waals surface area contributed by atoms with Crippen molar-refractivity contribution in [3.8, 4) is 0 Å². The molecule has 1 aromatic carbocycles. The van der Waals surface area contributed by atoms with Gasteiger partial charge in [0.2, 0.25) is 0 Å². The van der Waals surface area contributed by atoms with Crippen LogP contribution in [0.2, 0.25) is 0 Å². The maximum absolute atomic E-state index is 12.8. The summed E-state index contributed by atoms with van der Waals surface area (Å²) in [6, 6.07) is 3.06. The quantitative estimate of drug-likeness (QED) is 0.620. The van der Waals surface area contributed by atoms with Crippen molar-refractivity contribution in [3.05, 3.63) is 39.6 Å². The molecule has 0 heterocycles. The van der Waals surface area contributed by atoms with Gasteiger partial charge in [0.15, 0.2) is 0 Å². The summed E-state index contributed by atoms with van der Waals surface area (Å²) in [7, 11) is 0. The smallest absolute Gasteiger partial charge is 0.124 e. The van der Waals surface area contributed by atoms with Crippen molar-refractivity contribution in [1.82, 2.24) is 0 Å². The van der Waals surface area contributed by atoms with Gasteiger partial charge in [-0.15, -0.1) is 0 Å². The van der Waals surface area contributed by atoms with E-state index in [1.165, 1.54) is 11.6 Å². The summed E-state index contributed by atoms with van der Waals surface area (Å²) in [5.74, 6) is -0.179. The van der Waals surface area contributed by atoms with Gasteiger partial charge in [-0.2, -0.15) is 0 Å². The third kappa shape index (κ3) is 1.11. The molecule has 1 aliphatic rings. The Bertz CT molecular complexity index is 329. The number of allylic oxidation sites excluding steroid dienone is 1. The van der Waals surface area contributed by atoms with Crippen LogP contribution in [0.5, 0.6) is 0 Å². The van der Waals surface area contributed by atoms with Crippen molar-refractivity contribution < 1.29 is 4.39 Å². The van der Waals surface area contributed by atoms with Gasteiger partial charge in [0, 0.05) is 4.47 Å². The Morgan fingerprint density at radius 3 is 3.00 bits per heavy atom. The SMILES string of the molecule is Fc1cc(Br)c2c(c1)C=CC2. The zero-order valence-electron chi connectivity index (χ0n) is 5.77. The molecule has 0 bridgehead atoms. The molecule has 0 nitrogen and oxygen atoms in total. The van der Waals surface area contributed by atoms with Gasteiger partial charge in [0.25, 0.3) is 0 Å². The number of hydrogen-bond donors (Lipinski definition) is 0. The standard InChI is InChI=1S/C9H6BrF/c10-9-5-7(11)4-6-2-1-3-8(6)9/h1-2,4-5H,3H2. The number of benzene rings is 1. The first-order valence-electron chi connectivity index (χ1n) is 3.42. The molecule has 0 aliphatic heterocycles. The van der Waals surface area contributed by atoms with Crippen LogP contribution in [0.4, 0.5) is 4.39 Å². The summed E-state index contributed by atoms with van der Waals surface area (Å²) in [5, 5.41) is 0. The monoisotopic (exact) mass is 212 g/mol. The molecule has 0 radical (unpaired) electrons. The van der Waals surface area contributed by atoms with E-state index in [4.69, 9.17) is 0 Å². The maximum Gasteiger partial charge on any atom is 0.124 e. The maximum atomic E-state index is 12.8. The second kappa shape index (κ2) is 2.45. The molecule has 0 atom stereocenters. The first-order chi connectivity index (χ1) is 5.27. The van der Waals surface area contributed by atoms with E-state index in [0.29, 0.717) is 0 Å². The fourth-order valence-electron chi connectivity index (χ4n) is 1.29. The van der Waals surface area contributed by atoms with Crippen molar-refractivity contribution >= 4 is 22.0 Å². The van der Waals surface area contributed by atoms with Crippen LogP contribution < -0.4 is 0 Å². The second-order valence-electron chi connectivity index (χ2n) is 2.56. The van der Waals surface area contributed by atoms with E-state index < -0.39 is 0 Å². The van der Waals surface area contributed by atoms with Gasteiger partial charge in [0.05, 0.1) is 0 Å². The minimum atomic E-state index is -0.179.